The van der Waals surface area contributed by atoms with E-state index in [0.29, 0.717) is 22.9 Å². The van der Waals surface area contributed by atoms with Crippen molar-refractivity contribution in [2.75, 3.05) is 24.4 Å². The Labute approximate surface area is 197 Å². The van der Waals surface area contributed by atoms with Crippen molar-refractivity contribution in [3.63, 3.8) is 0 Å². The molecule has 0 spiro atoms. The summed E-state index contributed by atoms with van der Waals surface area (Å²) in [5, 5.41) is 9.95. The van der Waals surface area contributed by atoms with Gasteiger partial charge in [-0.2, -0.15) is 5.10 Å². The van der Waals surface area contributed by atoms with E-state index in [4.69, 9.17) is 9.47 Å². The Hall–Kier alpha value is -4.59. The van der Waals surface area contributed by atoms with Gasteiger partial charge in [0, 0.05) is 23.6 Å². The van der Waals surface area contributed by atoms with Gasteiger partial charge in [-0.05, 0) is 55.0 Å². The van der Waals surface area contributed by atoms with Crippen molar-refractivity contribution in [3.05, 3.63) is 96.3 Å². The lowest BCUT2D eigenvalue weighted by molar-refractivity contribution is -0.118. The van der Waals surface area contributed by atoms with Crippen LogP contribution in [0.25, 0.3) is 5.69 Å². The lowest BCUT2D eigenvalue weighted by Gasteiger charge is -2.10. The number of rotatable bonds is 8. The van der Waals surface area contributed by atoms with E-state index in [1.807, 2.05) is 43.3 Å². The Morgan fingerprint density at radius 3 is 2.50 bits per heavy atom. The molecular weight excluding hydrogens is 432 g/mol. The molecule has 0 bridgehead atoms. The van der Waals surface area contributed by atoms with Crippen LogP contribution in [0, 0.1) is 6.92 Å². The Morgan fingerprint density at radius 2 is 1.71 bits per heavy atom. The molecule has 0 fully saturated rings. The lowest BCUT2D eigenvalue weighted by atomic mass is 10.2. The van der Waals surface area contributed by atoms with Crippen LogP contribution in [0.15, 0.2) is 85.1 Å². The third-order valence-electron chi connectivity index (χ3n) is 4.92. The van der Waals surface area contributed by atoms with E-state index < -0.39 is 0 Å². The van der Waals surface area contributed by atoms with Crippen LogP contribution in [0.3, 0.4) is 0 Å². The van der Waals surface area contributed by atoms with Crippen molar-refractivity contribution in [1.29, 1.82) is 0 Å². The highest BCUT2D eigenvalue weighted by Gasteiger charge is 2.13. The highest BCUT2D eigenvalue weighted by atomic mass is 16.5. The number of hydrogen-bond donors (Lipinski definition) is 2. The monoisotopic (exact) mass is 456 g/mol. The summed E-state index contributed by atoms with van der Waals surface area (Å²) in [6.07, 6.45) is 1.71. The topological polar surface area (TPSA) is 94.5 Å². The van der Waals surface area contributed by atoms with Crippen molar-refractivity contribution in [3.8, 4) is 17.2 Å². The molecule has 0 saturated carbocycles. The normalized spacial score (nSPS) is 10.4. The second kappa shape index (κ2) is 10.4. The highest BCUT2D eigenvalue weighted by molar-refractivity contribution is 6.03. The van der Waals surface area contributed by atoms with Crippen LogP contribution in [-0.2, 0) is 4.79 Å². The minimum atomic E-state index is -0.371. The van der Waals surface area contributed by atoms with Gasteiger partial charge in [0.15, 0.2) is 12.3 Å². The van der Waals surface area contributed by atoms with Crippen molar-refractivity contribution in [2.45, 2.75) is 6.92 Å². The number of aryl methyl sites for hydroxylation is 1. The molecule has 0 aliphatic carbocycles. The summed E-state index contributed by atoms with van der Waals surface area (Å²) in [6.45, 7) is 1.81. The standard InChI is InChI=1S/C26H24N4O4/c1-18-11-12-24(33-2)23(15-18)30-14-13-22(29-30)26(32)28-20-9-6-10-21(16-20)34-17-25(31)27-19-7-4-3-5-8-19/h3-16H,17H2,1-2H3,(H,27,31)(H,28,32). The zero-order chi connectivity index (χ0) is 23.9. The van der Waals surface area contributed by atoms with E-state index in [2.05, 4.69) is 15.7 Å². The number of carbonyl (C=O) groups is 2. The first-order chi connectivity index (χ1) is 16.5. The minimum absolute atomic E-state index is 0.158. The molecular formula is C26H24N4O4. The molecule has 2 amide bonds. The summed E-state index contributed by atoms with van der Waals surface area (Å²) < 4.78 is 12.6. The van der Waals surface area contributed by atoms with Gasteiger partial charge in [-0.3, -0.25) is 9.59 Å². The third kappa shape index (κ3) is 5.60. The predicted molar refractivity (Wildman–Crippen MR) is 130 cm³/mol. The van der Waals surface area contributed by atoms with Gasteiger partial charge < -0.3 is 20.1 Å². The number of ether oxygens (including phenoxy) is 2. The van der Waals surface area contributed by atoms with Gasteiger partial charge in [0.05, 0.1) is 7.11 Å². The number of anilines is 2. The summed E-state index contributed by atoms with van der Waals surface area (Å²) in [4.78, 5) is 24.8. The van der Waals surface area contributed by atoms with Crippen molar-refractivity contribution in [2.24, 2.45) is 0 Å². The van der Waals surface area contributed by atoms with Gasteiger partial charge in [0.25, 0.3) is 11.8 Å². The Kier molecular flexibility index (Phi) is 6.88. The summed E-state index contributed by atoms with van der Waals surface area (Å²) in [6, 6.07) is 23.3. The maximum absolute atomic E-state index is 12.7. The van der Waals surface area contributed by atoms with Crippen LogP contribution in [0.4, 0.5) is 11.4 Å². The Balaban J connectivity index is 1.38. The molecule has 0 atom stereocenters. The van der Waals surface area contributed by atoms with Crippen LogP contribution < -0.4 is 20.1 Å². The van der Waals surface area contributed by atoms with E-state index >= 15 is 0 Å². The van der Waals surface area contributed by atoms with Crippen LogP contribution in [-0.4, -0.2) is 35.3 Å². The van der Waals surface area contributed by atoms with E-state index in [-0.39, 0.29) is 24.1 Å². The van der Waals surface area contributed by atoms with Gasteiger partial charge in [0.1, 0.15) is 17.2 Å². The van der Waals surface area contributed by atoms with E-state index in [9.17, 15) is 9.59 Å². The largest absolute Gasteiger partial charge is 0.494 e. The number of nitrogens with one attached hydrogen (secondary N) is 2. The molecule has 0 unspecified atom stereocenters. The summed E-state index contributed by atoms with van der Waals surface area (Å²) in [7, 11) is 1.59. The zero-order valence-electron chi connectivity index (χ0n) is 18.8. The maximum atomic E-state index is 12.7. The molecule has 4 aromatic rings. The number of benzene rings is 3. The molecule has 1 heterocycles. The smallest absolute Gasteiger partial charge is 0.276 e. The van der Waals surface area contributed by atoms with Gasteiger partial charge in [0.2, 0.25) is 0 Å². The second-order valence-corrected chi connectivity index (χ2v) is 7.51. The molecule has 172 valence electrons. The lowest BCUT2D eigenvalue weighted by Crippen LogP contribution is -2.20. The van der Waals surface area contributed by atoms with E-state index in [1.54, 1.807) is 60.5 Å². The van der Waals surface area contributed by atoms with Gasteiger partial charge in [-0.15, -0.1) is 0 Å². The van der Waals surface area contributed by atoms with Crippen LogP contribution in [0.2, 0.25) is 0 Å². The first-order valence-corrected chi connectivity index (χ1v) is 10.6. The number of aromatic nitrogens is 2. The molecule has 3 aromatic carbocycles. The number of amides is 2. The molecule has 0 radical (unpaired) electrons. The fraction of sp³-hybridized carbons (Fsp3) is 0.115. The number of methoxy groups -OCH3 is 1. The molecule has 0 aliphatic heterocycles. The summed E-state index contributed by atoms with van der Waals surface area (Å²) >= 11 is 0. The van der Waals surface area contributed by atoms with Crippen LogP contribution >= 0.6 is 0 Å². The number of para-hydroxylation sites is 1. The second-order valence-electron chi connectivity index (χ2n) is 7.51. The fourth-order valence-electron chi connectivity index (χ4n) is 3.28. The molecule has 1 aromatic heterocycles. The maximum Gasteiger partial charge on any atom is 0.276 e. The quantitative estimate of drug-likeness (QED) is 0.408. The number of nitrogens with zero attached hydrogens (tertiary/aromatic N) is 2. The van der Waals surface area contributed by atoms with Gasteiger partial charge >= 0.3 is 0 Å². The van der Waals surface area contributed by atoms with Crippen LogP contribution in [0.5, 0.6) is 11.5 Å². The highest BCUT2D eigenvalue weighted by Crippen LogP contribution is 2.24. The molecule has 2 N–H and O–H groups in total. The number of hydrogen-bond acceptors (Lipinski definition) is 5. The van der Waals surface area contributed by atoms with E-state index in [0.717, 1.165) is 11.3 Å². The summed E-state index contributed by atoms with van der Waals surface area (Å²) in [5.41, 5.74) is 3.25. The SMILES string of the molecule is COc1ccc(C)cc1-n1ccc(C(=O)Nc2cccc(OCC(=O)Nc3ccccc3)c2)n1. The van der Waals surface area contributed by atoms with E-state index in [1.165, 1.54) is 0 Å². The molecule has 34 heavy (non-hydrogen) atoms. The first-order valence-electron chi connectivity index (χ1n) is 10.6. The fourth-order valence-corrected chi connectivity index (χ4v) is 3.28. The van der Waals surface area contributed by atoms with Crippen molar-refractivity contribution >= 4 is 23.2 Å². The minimum Gasteiger partial charge on any atom is -0.494 e. The average Bonchev–Trinajstić information content (AvgIpc) is 3.34. The predicted octanol–water partition coefficient (Wildman–Crippen LogP) is 4.46. The molecule has 8 heteroatoms. The Bertz CT molecular complexity index is 1300. The van der Waals surface area contributed by atoms with Gasteiger partial charge in [-0.25, -0.2) is 4.68 Å². The molecule has 0 aliphatic rings. The molecule has 0 saturated heterocycles. The average molecular weight is 457 g/mol. The van der Waals surface area contributed by atoms with Crippen molar-refractivity contribution in [1.82, 2.24) is 9.78 Å². The molecule has 8 nitrogen and oxygen atoms in total. The molecule has 4 rings (SSSR count). The first kappa shape index (κ1) is 22.6. The zero-order valence-corrected chi connectivity index (χ0v) is 18.8. The van der Waals surface area contributed by atoms with Crippen molar-refractivity contribution < 1.29 is 19.1 Å². The van der Waals surface area contributed by atoms with Crippen LogP contribution in [0.1, 0.15) is 16.1 Å². The summed E-state index contributed by atoms with van der Waals surface area (Å²) in [5.74, 6) is 0.458. The Morgan fingerprint density at radius 1 is 0.912 bits per heavy atom. The van der Waals surface area contributed by atoms with Gasteiger partial charge in [-0.1, -0.05) is 30.3 Å². The number of carbonyl (C=O) groups excluding carboxylic acids is 2. The third-order valence-corrected chi connectivity index (χ3v) is 4.92.